The zero-order valence-electron chi connectivity index (χ0n) is 26.0. The number of hydrazone groups is 1. The fourth-order valence-corrected chi connectivity index (χ4v) is 6.64. The molecule has 1 fully saturated rings. The number of carboxylic acid groups (broad SMARTS) is 1. The highest BCUT2D eigenvalue weighted by Crippen LogP contribution is 2.47. The van der Waals surface area contributed by atoms with Crippen molar-refractivity contribution in [1.82, 2.24) is 0 Å². The van der Waals surface area contributed by atoms with Crippen molar-refractivity contribution in [2.75, 3.05) is 29.9 Å². The molecule has 2 aromatic carbocycles. The number of nitrogens with two attached hydrogens (primary N) is 1. The van der Waals surface area contributed by atoms with Crippen LogP contribution in [0.4, 0.5) is 50.9 Å². The molecule has 1 saturated carbocycles. The molecule has 2 unspecified atom stereocenters. The summed E-state index contributed by atoms with van der Waals surface area (Å²) in [6.07, 6.45) is -12.1. The first-order valence-corrected chi connectivity index (χ1v) is 15.2. The fourth-order valence-electron chi connectivity index (χ4n) is 6.64. The topological polar surface area (TPSA) is 107 Å². The van der Waals surface area contributed by atoms with Crippen LogP contribution in [0.2, 0.25) is 0 Å². The van der Waals surface area contributed by atoms with E-state index in [1.54, 1.807) is 6.92 Å². The fraction of sp³-hybridized carbons (Fsp3) is 0.548. The number of amidine groups is 1. The van der Waals surface area contributed by atoms with Crippen molar-refractivity contribution in [3.8, 4) is 0 Å². The van der Waals surface area contributed by atoms with Crippen LogP contribution in [-0.2, 0) is 23.3 Å². The summed E-state index contributed by atoms with van der Waals surface area (Å²) in [4.78, 5) is 14.4. The van der Waals surface area contributed by atoms with E-state index >= 15 is 0 Å². The maximum atomic E-state index is 14.1. The first-order chi connectivity index (χ1) is 22.4. The molecule has 1 aliphatic carbocycles. The predicted molar refractivity (Wildman–Crippen MR) is 160 cm³/mol. The van der Waals surface area contributed by atoms with Gasteiger partial charge in [0.05, 0.1) is 28.1 Å². The molecule has 264 valence electrons. The summed E-state index contributed by atoms with van der Waals surface area (Å²) in [5, 5.41) is 20.0. The average Bonchev–Trinajstić information content (AvgIpc) is 3.00. The highest BCUT2D eigenvalue weighted by atomic mass is 19.4. The minimum Gasteiger partial charge on any atom is -0.481 e. The number of carbonyl (C=O) groups is 1. The van der Waals surface area contributed by atoms with Crippen LogP contribution in [0, 0.1) is 11.8 Å². The van der Waals surface area contributed by atoms with Crippen LogP contribution in [0.1, 0.15) is 73.7 Å². The van der Waals surface area contributed by atoms with Crippen molar-refractivity contribution >= 4 is 23.2 Å². The number of rotatable bonds is 8. The number of hydrogen-bond donors (Lipinski definition) is 2. The molecule has 2 aliphatic rings. The van der Waals surface area contributed by atoms with Gasteiger partial charge < -0.3 is 20.7 Å². The first kappa shape index (κ1) is 36.8. The zero-order valence-corrected chi connectivity index (χ0v) is 26.0. The molecule has 0 radical (unpaired) electrons. The number of aliphatic carboxylic acids is 1. The van der Waals surface area contributed by atoms with Gasteiger partial charge in [-0.3, -0.25) is 4.79 Å². The van der Waals surface area contributed by atoms with E-state index < -0.39 is 64.7 Å². The summed E-state index contributed by atoms with van der Waals surface area (Å²) in [6, 6.07) is 1.67. The monoisotopic (exact) mass is 694 g/mol. The van der Waals surface area contributed by atoms with Crippen LogP contribution < -0.4 is 15.6 Å². The van der Waals surface area contributed by atoms with E-state index in [0.29, 0.717) is 50.8 Å². The molecule has 17 heteroatoms. The Labute approximate surface area is 270 Å². The molecule has 2 aromatic rings. The number of nitrogens with zero attached hydrogens (tertiary/aromatic N) is 5. The third-order valence-electron chi connectivity index (χ3n) is 8.94. The second-order valence-corrected chi connectivity index (χ2v) is 12.1. The van der Waals surface area contributed by atoms with Crippen LogP contribution in [-0.4, -0.2) is 43.1 Å². The Morgan fingerprint density at radius 2 is 1.44 bits per heavy atom. The van der Waals surface area contributed by atoms with Crippen molar-refractivity contribution < 1.29 is 49.4 Å². The molecule has 0 aromatic heterocycles. The Hall–Kier alpha value is -4.05. The number of azo groups is 1. The molecule has 1 heterocycles. The number of carboxylic acids is 1. The van der Waals surface area contributed by atoms with E-state index in [1.807, 2.05) is 4.90 Å². The van der Waals surface area contributed by atoms with Crippen LogP contribution in [0.15, 0.2) is 51.7 Å². The van der Waals surface area contributed by atoms with E-state index in [1.165, 1.54) is 18.0 Å². The Balaban J connectivity index is 1.90. The summed E-state index contributed by atoms with van der Waals surface area (Å²) < 4.78 is 126. The second-order valence-electron chi connectivity index (χ2n) is 12.1. The molecule has 0 spiro atoms. The van der Waals surface area contributed by atoms with Crippen LogP contribution in [0.25, 0.3) is 0 Å². The lowest BCUT2D eigenvalue weighted by molar-refractivity contribution is -0.143. The Bertz CT molecular complexity index is 1480. The van der Waals surface area contributed by atoms with E-state index in [9.17, 15) is 44.3 Å². The standard InChI is InChI=1S/C31H35F9N6O2/c1-3-23-16-46(27(28(43-41)44-42-2)19-11-21(30(35,36)37)13-22(12-19)31(38,39)40)25-14-20(29(32,33)34)8-9-24(25)45(23)15-18-6-4-17(5-7-18)10-26(47)48/h8-9,11-14,17-18,23,27H,3-7,10,15-16,41H2,1-2H3,(H,47,48). The van der Waals surface area contributed by atoms with E-state index in [-0.39, 0.29) is 42.2 Å². The number of anilines is 2. The highest BCUT2D eigenvalue weighted by molar-refractivity contribution is 5.93. The van der Waals surface area contributed by atoms with Gasteiger partial charge in [-0.25, -0.2) is 0 Å². The highest BCUT2D eigenvalue weighted by Gasteiger charge is 2.43. The summed E-state index contributed by atoms with van der Waals surface area (Å²) in [7, 11) is 1.17. The lowest BCUT2D eigenvalue weighted by Crippen LogP contribution is -2.52. The molecule has 48 heavy (non-hydrogen) atoms. The number of benzene rings is 2. The minimum atomic E-state index is -5.21. The maximum Gasteiger partial charge on any atom is 0.416 e. The normalized spacial score (nSPS) is 21.8. The van der Waals surface area contributed by atoms with Crippen LogP contribution in [0.5, 0.6) is 0 Å². The Morgan fingerprint density at radius 3 is 1.92 bits per heavy atom. The number of halogens is 9. The molecule has 0 saturated heterocycles. The van der Waals surface area contributed by atoms with Gasteiger partial charge in [-0.1, -0.05) is 6.92 Å². The van der Waals surface area contributed by atoms with Gasteiger partial charge in [-0.15, -0.1) is 5.11 Å². The van der Waals surface area contributed by atoms with Crippen molar-refractivity contribution in [2.24, 2.45) is 33.0 Å². The number of hydrogen-bond acceptors (Lipinski definition) is 6. The minimum absolute atomic E-state index is 0.00992. The van der Waals surface area contributed by atoms with Gasteiger partial charge in [0.15, 0.2) is 5.84 Å². The van der Waals surface area contributed by atoms with Gasteiger partial charge in [-0.2, -0.15) is 49.7 Å². The molecule has 0 bridgehead atoms. The van der Waals surface area contributed by atoms with Crippen molar-refractivity contribution in [3.05, 3.63) is 58.7 Å². The van der Waals surface area contributed by atoms with Gasteiger partial charge in [0.25, 0.3) is 0 Å². The zero-order chi connectivity index (χ0) is 35.6. The summed E-state index contributed by atoms with van der Waals surface area (Å²) >= 11 is 0. The Kier molecular flexibility index (Phi) is 10.9. The third kappa shape index (κ3) is 8.32. The lowest BCUT2D eigenvalue weighted by Gasteiger charge is -2.48. The molecule has 0 amide bonds. The van der Waals surface area contributed by atoms with Gasteiger partial charge >= 0.3 is 24.5 Å². The first-order valence-electron chi connectivity index (χ1n) is 15.2. The lowest BCUT2D eigenvalue weighted by atomic mass is 9.80. The predicted octanol–water partition coefficient (Wildman–Crippen LogP) is 8.52. The largest absolute Gasteiger partial charge is 0.481 e. The molecule has 8 nitrogen and oxygen atoms in total. The van der Waals surface area contributed by atoms with E-state index in [2.05, 4.69) is 15.3 Å². The van der Waals surface area contributed by atoms with Crippen LogP contribution >= 0.6 is 0 Å². The molecule has 2 atom stereocenters. The smallest absolute Gasteiger partial charge is 0.416 e. The van der Waals surface area contributed by atoms with Gasteiger partial charge in [0.1, 0.15) is 6.04 Å². The van der Waals surface area contributed by atoms with Gasteiger partial charge in [-0.05, 0) is 85.9 Å². The summed E-state index contributed by atoms with van der Waals surface area (Å²) in [5.41, 5.74) is -4.77. The van der Waals surface area contributed by atoms with Crippen molar-refractivity contribution in [2.45, 2.75) is 76.1 Å². The second kappa shape index (κ2) is 14.2. The molecule has 3 N–H and O–H groups in total. The van der Waals surface area contributed by atoms with E-state index in [0.717, 1.165) is 12.1 Å². The number of fused-ring (bicyclic) bond motifs is 1. The average molecular weight is 695 g/mol. The SMILES string of the molecule is CCC1CN(C(C(N=NC)=NN)c2cc(C(F)(F)F)cc(C(F)(F)F)c2)c2cc(C(F)(F)F)ccc2N1CC1CCC(CC(=O)O)CC1. The van der Waals surface area contributed by atoms with E-state index in [4.69, 9.17) is 10.9 Å². The van der Waals surface area contributed by atoms with Crippen LogP contribution in [0.3, 0.4) is 0 Å². The van der Waals surface area contributed by atoms with Gasteiger partial charge in [0.2, 0.25) is 0 Å². The van der Waals surface area contributed by atoms with Gasteiger partial charge in [0, 0.05) is 32.6 Å². The van der Waals surface area contributed by atoms with Crippen molar-refractivity contribution in [1.29, 1.82) is 0 Å². The number of alkyl halides is 9. The third-order valence-corrected chi connectivity index (χ3v) is 8.94. The Morgan fingerprint density at radius 1 is 0.875 bits per heavy atom. The molecule has 4 rings (SSSR count). The molecular weight excluding hydrogens is 659 g/mol. The summed E-state index contributed by atoms with van der Waals surface area (Å²) in [6.45, 7) is 2.06. The maximum absolute atomic E-state index is 14.1. The summed E-state index contributed by atoms with van der Waals surface area (Å²) in [5.74, 6) is 4.23. The molecular formula is C31H35F9N6O2. The quantitative estimate of drug-likeness (QED) is 0.0720. The van der Waals surface area contributed by atoms with Crippen molar-refractivity contribution in [3.63, 3.8) is 0 Å². The molecule has 1 aliphatic heterocycles.